The molecule has 0 aliphatic carbocycles. The van der Waals surface area contributed by atoms with Gasteiger partial charge in [0.15, 0.2) is 0 Å². The second kappa shape index (κ2) is 24.9. The van der Waals surface area contributed by atoms with Gasteiger partial charge in [-0.3, -0.25) is 0 Å². The van der Waals surface area contributed by atoms with E-state index in [-0.39, 0.29) is 12.4 Å². The van der Waals surface area contributed by atoms with Gasteiger partial charge in [0.2, 0.25) is 0 Å². The largest absolute Gasteiger partial charge is 0.494 e. The maximum atomic E-state index is 5.59. The molecule has 1 nitrogen and oxygen atoms in total. The minimum atomic E-state index is 0. The van der Waals surface area contributed by atoms with Crippen molar-refractivity contribution in [2.75, 3.05) is 6.61 Å². The summed E-state index contributed by atoms with van der Waals surface area (Å²) in [5.41, 5.74) is 1.42. The van der Waals surface area contributed by atoms with Gasteiger partial charge in [-0.15, -0.1) is 12.4 Å². The molecule has 0 fully saturated rings. The molecule has 0 unspecified atom stereocenters. The van der Waals surface area contributed by atoms with Crippen LogP contribution in [0.25, 0.3) is 0 Å². The van der Waals surface area contributed by atoms with E-state index in [2.05, 4.69) is 31.2 Å². The van der Waals surface area contributed by atoms with Crippen molar-refractivity contribution in [1.82, 2.24) is 0 Å². The van der Waals surface area contributed by atoms with Crippen LogP contribution in [0.5, 0.6) is 5.75 Å². The van der Waals surface area contributed by atoms with Crippen LogP contribution in [-0.2, 0) is 6.42 Å². The lowest BCUT2D eigenvalue weighted by Gasteiger charge is -2.06. The number of ether oxygens (including phenoxy) is 1. The van der Waals surface area contributed by atoms with Crippen LogP contribution in [0.15, 0.2) is 24.3 Å². The first-order valence-electron chi connectivity index (χ1n) is 14.1. The monoisotopic (exact) mass is 466 g/mol. The number of aryl methyl sites for hydroxylation is 1. The molecule has 1 aromatic carbocycles. The Morgan fingerprint density at radius 2 is 0.938 bits per heavy atom. The Morgan fingerprint density at radius 3 is 1.34 bits per heavy atom. The van der Waals surface area contributed by atoms with Crippen molar-refractivity contribution in [2.45, 2.75) is 149 Å². The van der Waals surface area contributed by atoms with Gasteiger partial charge in [0.05, 0.1) is 6.61 Å². The molecule has 0 aliphatic heterocycles. The minimum absolute atomic E-state index is 0. The third-order valence-electron chi connectivity index (χ3n) is 6.53. The van der Waals surface area contributed by atoms with Gasteiger partial charge in [0, 0.05) is 0 Å². The van der Waals surface area contributed by atoms with Crippen LogP contribution in [0.2, 0.25) is 0 Å². The molecule has 0 heterocycles. The van der Waals surface area contributed by atoms with E-state index in [0.29, 0.717) is 0 Å². The zero-order valence-corrected chi connectivity index (χ0v) is 22.5. The summed E-state index contributed by atoms with van der Waals surface area (Å²) in [5.74, 6) is 1.02. The Bertz CT molecular complexity index is 487. The van der Waals surface area contributed by atoms with E-state index < -0.39 is 0 Å². The standard InChI is InChI=1S/C30H54O.ClH/c1-3-5-6-7-8-9-10-11-12-13-14-15-16-17-18-19-20-21-22-23-25-29-26-24-27-30(28-29)31-4-2;/h24,26-28H,3-23,25H2,1-2H3;1H. The van der Waals surface area contributed by atoms with Crippen LogP contribution in [0.4, 0.5) is 0 Å². The molecule has 32 heavy (non-hydrogen) atoms. The third kappa shape index (κ3) is 20.0. The van der Waals surface area contributed by atoms with E-state index in [4.69, 9.17) is 4.74 Å². The Balaban J connectivity index is 0.00000961. The van der Waals surface area contributed by atoms with Crippen molar-refractivity contribution in [3.63, 3.8) is 0 Å². The van der Waals surface area contributed by atoms with Gasteiger partial charge in [-0.25, -0.2) is 0 Å². The molecule has 0 radical (unpaired) electrons. The molecular weight excluding hydrogens is 412 g/mol. The van der Waals surface area contributed by atoms with Crippen molar-refractivity contribution in [3.05, 3.63) is 29.8 Å². The van der Waals surface area contributed by atoms with E-state index in [0.717, 1.165) is 12.4 Å². The first-order chi connectivity index (χ1) is 15.4. The predicted molar refractivity (Wildman–Crippen MR) is 147 cm³/mol. The van der Waals surface area contributed by atoms with Crippen LogP contribution < -0.4 is 4.74 Å². The second-order valence-corrected chi connectivity index (χ2v) is 9.55. The first kappa shape index (κ1) is 31.3. The van der Waals surface area contributed by atoms with Gasteiger partial charge >= 0.3 is 0 Å². The van der Waals surface area contributed by atoms with E-state index >= 15 is 0 Å². The molecule has 0 aromatic heterocycles. The number of rotatable bonds is 23. The van der Waals surface area contributed by atoms with Crippen molar-refractivity contribution in [2.24, 2.45) is 0 Å². The number of unbranched alkanes of at least 4 members (excludes halogenated alkanes) is 19. The van der Waals surface area contributed by atoms with E-state index in [1.54, 1.807) is 0 Å². The molecule has 0 aliphatic rings. The Morgan fingerprint density at radius 1 is 0.531 bits per heavy atom. The van der Waals surface area contributed by atoms with Crippen LogP contribution in [0.3, 0.4) is 0 Å². The maximum Gasteiger partial charge on any atom is 0.119 e. The molecule has 0 atom stereocenters. The molecule has 1 aromatic rings. The van der Waals surface area contributed by atoms with Gasteiger partial charge in [0.25, 0.3) is 0 Å². The summed E-state index contributed by atoms with van der Waals surface area (Å²) in [6, 6.07) is 8.62. The van der Waals surface area contributed by atoms with E-state index in [1.807, 2.05) is 6.92 Å². The Hall–Kier alpha value is -0.690. The Labute approximate surface area is 207 Å². The van der Waals surface area contributed by atoms with Gasteiger partial charge in [-0.1, -0.05) is 141 Å². The summed E-state index contributed by atoms with van der Waals surface area (Å²) in [7, 11) is 0. The average molecular weight is 467 g/mol. The fourth-order valence-corrected chi connectivity index (χ4v) is 4.54. The zero-order valence-electron chi connectivity index (χ0n) is 21.7. The molecule has 188 valence electrons. The smallest absolute Gasteiger partial charge is 0.119 e. The topological polar surface area (TPSA) is 9.23 Å². The van der Waals surface area contributed by atoms with Crippen LogP contribution in [0, 0.1) is 0 Å². The minimum Gasteiger partial charge on any atom is -0.494 e. The summed E-state index contributed by atoms with van der Waals surface area (Å²) < 4.78 is 5.59. The van der Waals surface area contributed by atoms with Crippen LogP contribution in [-0.4, -0.2) is 6.61 Å². The molecule has 0 saturated carbocycles. The lowest BCUT2D eigenvalue weighted by Crippen LogP contribution is -1.93. The number of hydrogen-bond donors (Lipinski definition) is 0. The quantitative estimate of drug-likeness (QED) is 0.146. The van der Waals surface area contributed by atoms with Gasteiger partial charge in [-0.05, 0) is 37.5 Å². The molecule has 1 rings (SSSR count). The Kier molecular flexibility index (Phi) is 24.4. The third-order valence-corrected chi connectivity index (χ3v) is 6.53. The molecular formula is C30H55ClO. The number of halogens is 1. The summed E-state index contributed by atoms with van der Waals surface area (Å²) in [5, 5.41) is 0. The zero-order chi connectivity index (χ0) is 22.2. The lowest BCUT2D eigenvalue weighted by molar-refractivity contribution is 0.340. The van der Waals surface area contributed by atoms with Crippen molar-refractivity contribution < 1.29 is 4.74 Å². The SMILES string of the molecule is CCCCCCCCCCCCCCCCCCCCCCc1cccc(OCC)c1.Cl. The van der Waals surface area contributed by atoms with Crippen molar-refractivity contribution >= 4 is 12.4 Å². The normalized spacial score (nSPS) is 10.8. The van der Waals surface area contributed by atoms with Crippen molar-refractivity contribution in [1.29, 1.82) is 0 Å². The highest BCUT2D eigenvalue weighted by atomic mass is 35.5. The maximum absolute atomic E-state index is 5.59. The average Bonchev–Trinajstić information content (AvgIpc) is 2.78. The highest BCUT2D eigenvalue weighted by molar-refractivity contribution is 5.85. The summed E-state index contributed by atoms with van der Waals surface area (Å²) in [6.07, 6.45) is 30.1. The van der Waals surface area contributed by atoms with Crippen LogP contribution >= 0.6 is 12.4 Å². The van der Waals surface area contributed by atoms with E-state index in [9.17, 15) is 0 Å². The first-order valence-corrected chi connectivity index (χ1v) is 14.1. The van der Waals surface area contributed by atoms with E-state index in [1.165, 1.54) is 140 Å². The fourth-order valence-electron chi connectivity index (χ4n) is 4.54. The molecule has 0 spiro atoms. The van der Waals surface area contributed by atoms with Gasteiger partial charge < -0.3 is 4.74 Å². The van der Waals surface area contributed by atoms with Crippen LogP contribution in [0.1, 0.15) is 148 Å². The fraction of sp³-hybridized carbons (Fsp3) is 0.800. The van der Waals surface area contributed by atoms with Gasteiger partial charge in [-0.2, -0.15) is 0 Å². The van der Waals surface area contributed by atoms with Crippen molar-refractivity contribution in [3.8, 4) is 5.75 Å². The predicted octanol–water partition coefficient (Wildman–Crippen LogP) is 10.9. The molecule has 0 saturated heterocycles. The lowest BCUT2D eigenvalue weighted by atomic mass is 10.0. The number of benzene rings is 1. The van der Waals surface area contributed by atoms with Gasteiger partial charge in [0.1, 0.15) is 5.75 Å². The summed E-state index contributed by atoms with van der Waals surface area (Å²) in [6.45, 7) is 5.10. The molecule has 0 amide bonds. The molecule has 0 N–H and O–H groups in total. The molecule has 2 heteroatoms. The highest BCUT2D eigenvalue weighted by Gasteiger charge is 1.98. The summed E-state index contributed by atoms with van der Waals surface area (Å²) in [4.78, 5) is 0. The molecule has 0 bridgehead atoms. The highest BCUT2D eigenvalue weighted by Crippen LogP contribution is 2.17. The summed E-state index contributed by atoms with van der Waals surface area (Å²) >= 11 is 0. The second-order valence-electron chi connectivity index (χ2n) is 9.55. The number of hydrogen-bond acceptors (Lipinski definition) is 1.